The smallest absolute Gasteiger partial charge is 0.311 e. The molecule has 5 nitrogen and oxygen atoms in total. The van der Waals surface area contributed by atoms with Gasteiger partial charge in [-0.1, -0.05) is 48.7 Å². The summed E-state index contributed by atoms with van der Waals surface area (Å²) in [5, 5.41) is 12.7. The molecule has 32 heavy (non-hydrogen) atoms. The third-order valence-corrected chi connectivity index (χ3v) is 9.40. The van der Waals surface area contributed by atoms with Gasteiger partial charge in [-0.3, -0.25) is 9.69 Å². The maximum Gasteiger partial charge on any atom is 0.311 e. The van der Waals surface area contributed by atoms with Gasteiger partial charge in [-0.15, -0.1) is 0 Å². The molecule has 2 heterocycles. The van der Waals surface area contributed by atoms with E-state index in [4.69, 9.17) is 27.9 Å². The van der Waals surface area contributed by atoms with Crippen molar-refractivity contribution >= 4 is 34.9 Å². The number of nitrogens with zero attached hydrogens (tertiary/aromatic N) is 2. The summed E-state index contributed by atoms with van der Waals surface area (Å²) in [6.07, 6.45) is 4.46. The second kappa shape index (κ2) is 8.50. The molecule has 1 N–H and O–H groups in total. The van der Waals surface area contributed by atoms with Gasteiger partial charge in [0.2, 0.25) is 0 Å². The van der Waals surface area contributed by atoms with Crippen LogP contribution < -0.4 is 4.90 Å². The summed E-state index contributed by atoms with van der Waals surface area (Å²) in [6.45, 7) is 8.52. The van der Waals surface area contributed by atoms with Crippen molar-refractivity contribution in [3.05, 3.63) is 39.9 Å². The molecule has 0 amide bonds. The molecule has 1 saturated carbocycles. The number of fused-ring (bicyclic) bond motifs is 2. The predicted octanol–water partition coefficient (Wildman–Crippen LogP) is 4.40. The van der Waals surface area contributed by atoms with Gasteiger partial charge in [-0.2, -0.15) is 0 Å². The number of benzene rings is 1. The number of rotatable bonds is 3. The van der Waals surface area contributed by atoms with Gasteiger partial charge in [0, 0.05) is 56.2 Å². The summed E-state index contributed by atoms with van der Waals surface area (Å²) < 4.78 is 5.83. The number of aliphatic hydroxyl groups excluding tert-OH is 1. The number of hydrogen-bond donors (Lipinski definition) is 1. The quantitative estimate of drug-likeness (QED) is 0.515. The Labute approximate surface area is 200 Å². The number of halogens is 2. The fraction of sp³-hybridized carbons (Fsp3) is 0.640. The molecule has 2 aliphatic carbocycles. The monoisotopic (exact) mass is 478 g/mol. The third-order valence-electron chi connectivity index (χ3n) is 8.67. The number of piperazine rings is 1. The molecule has 5 rings (SSSR count). The van der Waals surface area contributed by atoms with Crippen LogP contribution in [0.3, 0.4) is 0 Å². The minimum Gasteiger partial charge on any atom is -0.461 e. The van der Waals surface area contributed by atoms with E-state index in [1.807, 2.05) is 18.2 Å². The van der Waals surface area contributed by atoms with Crippen molar-refractivity contribution in [2.24, 2.45) is 23.2 Å². The van der Waals surface area contributed by atoms with E-state index in [1.165, 1.54) is 5.57 Å². The van der Waals surface area contributed by atoms with Gasteiger partial charge in [0.1, 0.15) is 6.10 Å². The molecule has 0 radical (unpaired) electrons. The number of allylic oxidation sites excluding steroid dienone is 1. The van der Waals surface area contributed by atoms with Crippen molar-refractivity contribution in [2.45, 2.75) is 45.3 Å². The van der Waals surface area contributed by atoms with Gasteiger partial charge in [0.25, 0.3) is 0 Å². The number of aliphatic hydroxyl groups is 1. The first-order valence-corrected chi connectivity index (χ1v) is 12.5. The Morgan fingerprint density at radius 2 is 1.94 bits per heavy atom. The highest BCUT2D eigenvalue weighted by Crippen LogP contribution is 2.56. The van der Waals surface area contributed by atoms with Crippen molar-refractivity contribution in [3.63, 3.8) is 0 Å². The highest BCUT2D eigenvalue weighted by molar-refractivity contribution is 6.42. The van der Waals surface area contributed by atoms with Gasteiger partial charge in [0.15, 0.2) is 0 Å². The Kier molecular flexibility index (Phi) is 5.98. The maximum absolute atomic E-state index is 12.9. The number of ether oxygens (including phenoxy) is 1. The van der Waals surface area contributed by atoms with E-state index in [1.54, 1.807) is 0 Å². The standard InChI is InChI=1S/C25H32Cl2N2O3/c1-15-4-3-5-16-12-21-22(23(30)25(15,16)2)18(24(31)32-21)14-28-8-10-29(11-9-28)17-6-7-19(26)20(27)13-17/h5-7,13,15,18,21-23,30H,3-4,8-12,14H2,1-2H3/t15-,18?,21-,22-,23+,25-/m1/s1. The fourth-order valence-electron chi connectivity index (χ4n) is 6.42. The molecular weight excluding hydrogens is 447 g/mol. The highest BCUT2D eigenvalue weighted by atomic mass is 35.5. The van der Waals surface area contributed by atoms with Crippen LogP contribution in [-0.2, 0) is 9.53 Å². The van der Waals surface area contributed by atoms with E-state index in [-0.39, 0.29) is 29.3 Å². The zero-order chi connectivity index (χ0) is 22.6. The minimum atomic E-state index is -0.545. The van der Waals surface area contributed by atoms with Crippen LogP contribution in [0.2, 0.25) is 10.0 Å². The molecule has 6 atom stereocenters. The summed E-state index contributed by atoms with van der Waals surface area (Å²) >= 11 is 12.2. The second-order valence-electron chi connectivity index (χ2n) is 10.2. The summed E-state index contributed by atoms with van der Waals surface area (Å²) in [6, 6.07) is 5.74. The Hall–Kier alpha value is -1.27. The van der Waals surface area contributed by atoms with Gasteiger partial charge < -0.3 is 14.7 Å². The largest absolute Gasteiger partial charge is 0.461 e. The number of carbonyl (C=O) groups is 1. The van der Waals surface area contributed by atoms with Crippen LogP contribution in [0, 0.1) is 23.2 Å². The summed E-state index contributed by atoms with van der Waals surface area (Å²) in [7, 11) is 0. The van der Waals surface area contributed by atoms with Crippen molar-refractivity contribution in [3.8, 4) is 0 Å². The molecule has 1 unspecified atom stereocenters. The predicted molar refractivity (Wildman–Crippen MR) is 127 cm³/mol. The summed E-state index contributed by atoms with van der Waals surface area (Å²) in [5.74, 6) is -0.122. The maximum atomic E-state index is 12.9. The van der Waals surface area contributed by atoms with Crippen LogP contribution >= 0.6 is 23.2 Å². The lowest BCUT2D eigenvalue weighted by Crippen LogP contribution is -2.55. The second-order valence-corrected chi connectivity index (χ2v) is 11.0. The Bertz CT molecular complexity index is 930. The topological polar surface area (TPSA) is 53.0 Å². The molecule has 1 aromatic carbocycles. The first kappa shape index (κ1) is 22.5. The SMILES string of the molecule is C[C@@H]1CCC=C2C[C@H]3OC(=O)C(CN4CCN(c5ccc(Cl)c(Cl)c5)CC4)[C@H]3[C@H](O)[C@@]21C. The summed E-state index contributed by atoms with van der Waals surface area (Å²) in [5.41, 5.74) is 2.10. The van der Waals surface area contributed by atoms with E-state index in [2.05, 4.69) is 29.7 Å². The van der Waals surface area contributed by atoms with Crippen LogP contribution in [0.1, 0.15) is 33.1 Å². The molecule has 4 aliphatic rings. The van der Waals surface area contributed by atoms with Gasteiger partial charge >= 0.3 is 5.97 Å². The average molecular weight is 479 g/mol. The fourth-order valence-corrected chi connectivity index (χ4v) is 6.71. The third kappa shape index (κ3) is 3.66. The number of anilines is 1. The van der Waals surface area contributed by atoms with E-state index in [9.17, 15) is 9.90 Å². The van der Waals surface area contributed by atoms with Crippen LogP contribution in [0.4, 0.5) is 5.69 Å². The van der Waals surface area contributed by atoms with E-state index >= 15 is 0 Å². The molecule has 174 valence electrons. The zero-order valence-corrected chi connectivity index (χ0v) is 20.3. The van der Waals surface area contributed by atoms with Crippen LogP contribution in [-0.4, -0.2) is 60.9 Å². The molecule has 2 saturated heterocycles. The van der Waals surface area contributed by atoms with E-state index < -0.39 is 6.10 Å². The molecule has 7 heteroatoms. The number of hydrogen-bond acceptors (Lipinski definition) is 5. The molecule has 0 aromatic heterocycles. The molecule has 3 fully saturated rings. The van der Waals surface area contributed by atoms with E-state index in [0.717, 1.165) is 51.1 Å². The lowest BCUT2D eigenvalue weighted by atomic mass is 9.55. The minimum absolute atomic E-state index is 0.127. The Morgan fingerprint density at radius 3 is 2.66 bits per heavy atom. The Morgan fingerprint density at radius 1 is 1.19 bits per heavy atom. The van der Waals surface area contributed by atoms with Gasteiger partial charge in [-0.25, -0.2) is 0 Å². The first-order valence-electron chi connectivity index (χ1n) is 11.8. The summed E-state index contributed by atoms with van der Waals surface area (Å²) in [4.78, 5) is 17.5. The van der Waals surface area contributed by atoms with Crippen molar-refractivity contribution < 1.29 is 14.6 Å². The lowest BCUT2D eigenvalue weighted by molar-refractivity contribution is -0.145. The van der Waals surface area contributed by atoms with Crippen LogP contribution in [0.25, 0.3) is 0 Å². The number of carbonyl (C=O) groups excluding carboxylic acids is 1. The molecular formula is C25H32Cl2N2O3. The molecule has 2 aliphatic heterocycles. The molecule has 0 bridgehead atoms. The van der Waals surface area contributed by atoms with Crippen LogP contribution in [0.15, 0.2) is 29.8 Å². The van der Waals surface area contributed by atoms with Crippen molar-refractivity contribution in [2.75, 3.05) is 37.6 Å². The van der Waals surface area contributed by atoms with Gasteiger partial charge in [0.05, 0.1) is 22.1 Å². The van der Waals surface area contributed by atoms with Crippen LogP contribution in [0.5, 0.6) is 0 Å². The molecule has 0 spiro atoms. The average Bonchev–Trinajstić information content (AvgIpc) is 3.08. The lowest BCUT2D eigenvalue weighted by Gasteiger charge is -2.52. The van der Waals surface area contributed by atoms with Crippen molar-refractivity contribution in [1.82, 2.24) is 4.90 Å². The van der Waals surface area contributed by atoms with Gasteiger partial charge in [-0.05, 0) is 37.0 Å². The Balaban J connectivity index is 1.27. The molecule has 1 aromatic rings. The zero-order valence-electron chi connectivity index (χ0n) is 18.8. The number of esters is 1. The first-order chi connectivity index (χ1) is 15.3. The highest BCUT2D eigenvalue weighted by Gasteiger charge is 2.59. The van der Waals surface area contributed by atoms with Crippen molar-refractivity contribution in [1.29, 1.82) is 0 Å². The normalized spacial score (nSPS) is 37.5. The van der Waals surface area contributed by atoms with E-state index in [0.29, 0.717) is 22.5 Å².